The Kier molecular flexibility index (Phi) is 5.23. The first-order valence-corrected chi connectivity index (χ1v) is 8.81. The molecule has 2 rings (SSSR count). The van der Waals surface area contributed by atoms with E-state index >= 15 is 0 Å². The first-order valence-electron chi connectivity index (χ1n) is 7.37. The molecule has 0 aromatic carbocycles. The third-order valence-corrected chi connectivity index (χ3v) is 5.63. The van der Waals surface area contributed by atoms with Gasteiger partial charge in [-0.2, -0.15) is 4.31 Å². The van der Waals surface area contributed by atoms with E-state index in [1.54, 1.807) is 16.4 Å². The van der Waals surface area contributed by atoms with Crippen LogP contribution < -0.4 is 5.32 Å². The lowest BCUT2D eigenvalue weighted by Crippen LogP contribution is -2.38. The summed E-state index contributed by atoms with van der Waals surface area (Å²) in [5.74, 6) is 0.660. The van der Waals surface area contributed by atoms with Gasteiger partial charge in [0.05, 0.1) is 6.54 Å². The molecule has 20 heavy (non-hydrogen) atoms. The fourth-order valence-corrected chi connectivity index (χ4v) is 4.19. The fourth-order valence-electron chi connectivity index (χ4n) is 2.56. The Labute approximate surface area is 121 Å². The lowest BCUT2D eigenvalue weighted by molar-refractivity contribution is 0.321. The average molecular weight is 300 g/mol. The smallest absolute Gasteiger partial charge is 0.276 e. The highest BCUT2D eigenvalue weighted by atomic mass is 32.2. The predicted molar refractivity (Wildman–Crippen MR) is 77.9 cm³/mol. The summed E-state index contributed by atoms with van der Waals surface area (Å²) < 4.78 is 32.4. The highest BCUT2D eigenvalue weighted by molar-refractivity contribution is 7.89. The van der Waals surface area contributed by atoms with E-state index < -0.39 is 10.0 Å². The van der Waals surface area contributed by atoms with Gasteiger partial charge in [-0.25, -0.2) is 8.42 Å². The van der Waals surface area contributed by atoms with E-state index in [0.29, 0.717) is 18.8 Å². The SMILES string of the molecule is CCNCc1ccc(S(=O)(=O)N2CCCCCC2C)o1. The molecule has 0 radical (unpaired) electrons. The van der Waals surface area contributed by atoms with Crippen LogP contribution in [0.4, 0.5) is 0 Å². The Balaban J connectivity index is 2.18. The van der Waals surface area contributed by atoms with E-state index in [9.17, 15) is 8.42 Å². The second-order valence-electron chi connectivity index (χ2n) is 5.32. The Bertz CT molecular complexity index is 524. The summed E-state index contributed by atoms with van der Waals surface area (Å²) in [6.07, 6.45) is 4.04. The summed E-state index contributed by atoms with van der Waals surface area (Å²) in [5.41, 5.74) is 0. The van der Waals surface area contributed by atoms with Gasteiger partial charge in [-0.05, 0) is 38.4 Å². The molecule has 1 aromatic rings. The van der Waals surface area contributed by atoms with Crippen LogP contribution in [0.5, 0.6) is 0 Å². The van der Waals surface area contributed by atoms with E-state index in [1.807, 2.05) is 13.8 Å². The van der Waals surface area contributed by atoms with Gasteiger partial charge in [0.15, 0.2) is 0 Å². The van der Waals surface area contributed by atoms with Crippen molar-refractivity contribution in [3.05, 3.63) is 17.9 Å². The maximum Gasteiger partial charge on any atom is 0.276 e. The molecular weight excluding hydrogens is 276 g/mol. The van der Waals surface area contributed by atoms with Crippen molar-refractivity contribution >= 4 is 10.0 Å². The molecule has 0 bridgehead atoms. The van der Waals surface area contributed by atoms with Gasteiger partial charge in [0, 0.05) is 12.6 Å². The number of sulfonamides is 1. The van der Waals surface area contributed by atoms with Gasteiger partial charge in [-0.3, -0.25) is 0 Å². The third kappa shape index (κ3) is 3.42. The van der Waals surface area contributed by atoms with Crippen molar-refractivity contribution in [3.8, 4) is 0 Å². The summed E-state index contributed by atoms with van der Waals surface area (Å²) in [4.78, 5) is 0. The second kappa shape index (κ2) is 6.74. The Morgan fingerprint density at radius 1 is 1.35 bits per heavy atom. The van der Waals surface area contributed by atoms with Crippen LogP contribution in [-0.2, 0) is 16.6 Å². The summed E-state index contributed by atoms with van der Waals surface area (Å²) in [6, 6.07) is 3.35. The molecule has 1 saturated heterocycles. The highest BCUT2D eigenvalue weighted by Gasteiger charge is 2.32. The molecule has 1 N–H and O–H groups in total. The molecule has 6 heteroatoms. The zero-order chi connectivity index (χ0) is 14.6. The van der Waals surface area contributed by atoms with Crippen molar-refractivity contribution in [2.24, 2.45) is 0 Å². The monoisotopic (exact) mass is 300 g/mol. The van der Waals surface area contributed by atoms with Gasteiger partial charge in [0.25, 0.3) is 10.0 Å². The summed E-state index contributed by atoms with van der Waals surface area (Å²) in [7, 11) is -3.50. The summed E-state index contributed by atoms with van der Waals surface area (Å²) in [6.45, 7) is 5.95. The lowest BCUT2D eigenvalue weighted by Gasteiger charge is -2.24. The van der Waals surface area contributed by atoms with E-state index in [2.05, 4.69) is 5.32 Å². The number of hydrogen-bond acceptors (Lipinski definition) is 4. The first-order chi connectivity index (χ1) is 9.55. The molecule has 1 atom stereocenters. The van der Waals surface area contributed by atoms with Crippen LogP contribution in [0.1, 0.15) is 45.3 Å². The molecule has 0 spiro atoms. The third-order valence-electron chi connectivity index (χ3n) is 3.74. The Morgan fingerprint density at radius 2 is 2.15 bits per heavy atom. The maximum atomic E-state index is 12.6. The largest absolute Gasteiger partial charge is 0.447 e. The quantitative estimate of drug-likeness (QED) is 0.906. The predicted octanol–water partition coefficient (Wildman–Crippen LogP) is 2.34. The second-order valence-corrected chi connectivity index (χ2v) is 7.14. The van der Waals surface area contributed by atoms with Gasteiger partial charge >= 0.3 is 0 Å². The minimum atomic E-state index is -3.50. The van der Waals surface area contributed by atoms with E-state index in [1.165, 1.54) is 0 Å². The molecular formula is C14H24N2O3S. The molecule has 0 saturated carbocycles. The topological polar surface area (TPSA) is 62.6 Å². The van der Waals surface area contributed by atoms with Crippen molar-refractivity contribution in [2.75, 3.05) is 13.1 Å². The fraction of sp³-hybridized carbons (Fsp3) is 0.714. The van der Waals surface area contributed by atoms with Crippen LogP contribution in [-0.4, -0.2) is 31.9 Å². The van der Waals surface area contributed by atoms with Gasteiger partial charge in [-0.15, -0.1) is 0 Å². The molecule has 1 fully saturated rings. The normalized spacial score (nSPS) is 21.8. The molecule has 0 aliphatic carbocycles. The summed E-state index contributed by atoms with van der Waals surface area (Å²) >= 11 is 0. The molecule has 0 amide bonds. The van der Waals surface area contributed by atoms with Gasteiger partial charge in [0.2, 0.25) is 5.09 Å². The van der Waals surface area contributed by atoms with Crippen molar-refractivity contribution in [2.45, 2.75) is 57.2 Å². The number of nitrogens with one attached hydrogen (secondary N) is 1. The zero-order valence-electron chi connectivity index (χ0n) is 12.3. The Hall–Kier alpha value is -0.850. The molecule has 1 aliphatic heterocycles. The van der Waals surface area contributed by atoms with Crippen molar-refractivity contribution < 1.29 is 12.8 Å². The Morgan fingerprint density at radius 3 is 2.90 bits per heavy atom. The van der Waals surface area contributed by atoms with Crippen LogP contribution in [0.2, 0.25) is 0 Å². The maximum absolute atomic E-state index is 12.6. The molecule has 5 nitrogen and oxygen atoms in total. The zero-order valence-corrected chi connectivity index (χ0v) is 13.1. The van der Waals surface area contributed by atoms with Crippen LogP contribution in [0.3, 0.4) is 0 Å². The van der Waals surface area contributed by atoms with Gasteiger partial charge < -0.3 is 9.73 Å². The van der Waals surface area contributed by atoms with Crippen molar-refractivity contribution in [3.63, 3.8) is 0 Å². The van der Waals surface area contributed by atoms with Crippen molar-refractivity contribution in [1.82, 2.24) is 9.62 Å². The van der Waals surface area contributed by atoms with Crippen LogP contribution in [0.15, 0.2) is 21.6 Å². The highest BCUT2D eigenvalue weighted by Crippen LogP contribution is 2.25. The first kappa shape index (κ1) is 15.5. The minimum absolute atomic E-state index is 0.0461. The van der Waals surface area contributed by atoms with E-state index in [-0.39, 0.29) is 11.1 Å². The minimum Gasteiger partial charge on any atom is -0.447 e. The van der Waals surface area contributed by atoms with E-state index in [4.69, 9.17) is 4.42 Å². The van der Waals surface area contributed by atoms with Crippen LogP contribution in [0.25, 0.3) is 0 Å². The number of rotatable bonds is 5. The molecule has 1 aliphatic rings. The molecule has 2 heterocycles. The van der Waals surface area contributed by atoms with Crippen LogP contribution >= 0.6 is 0 Å². The lowest BCUT2D eigenvalue weighted by atomic mass is 10.1. The standard InChI is InChI=1S/C14H24N2O3S/c1-3-15-11-13-8-9-14(19-13)20(17,18)16-10-6-4-5-7-12(16)2/h8-9,12,15H,3-7,10-11H2,1-2H3. The average Bonchev–Trinajstić information content (AvgIpc) is 2.79. The number of furan rings is 1. The van der Waals surface area contributed by atoms with Gasteiger partial charge in [-0.1, -0.05) is 19.8 Å². The van der Waals surface area contributed by atoms with Crippen LogP contribution in [0, 0.1) is 0 Å². The molecule has 1 aromatic heterocycles. The van der Waals surface area contributed by atoms with Gasteiger partial charge in [0.1, 0.15) is 5.76 Å². The van der Waals surface area contributed by atoms with E-state index in [0.717, 1.165) is 32.2 Å². The molecule has 1 unspecified atom stereocenters. The van der Waals surface area contributed by atoms with Crippen molar-refractivity contribution in [1.29, 1.82) is 0 Å². The summed E-state index contributed by atoms with van der Waals surface area (Å²) in [5, 5.41) is 3.19. The number of hydrogen-bond donors (Lipinski definition) is 1. The molecule has 114 valence electrons. The number of nitrogens with zero attached hydrogens (tertiary/aromatic N) is 1.